The second-order valence-corrected chi connectivity index (χ2v) is 7.92. The second-order valence-electron chi connectivity index (χ2n) is 6.74. The van der Waals surface area contributed by atoms with Gasteiger partial charge in [0.15, 0.2) is 0 Å². The molecule has 0 spiro atoms. The maximum Gasteiger partial charge on any atom is 0.281 e. The Morgan fingerprint density at radius 1 is 1.24 bits per heavy atom. The number of hydrogen-bond acceptors (Lipinski definition) is 6. The monoisotopic (exact) mass is 417 g/mol. The van der Waals surface area contributed by atoms with Crippen LogP contribution in [0.2, 0.25) is 0 Å². The van der Waals surface area contributed by atoms with Crippen LogP contribution in [-0.4, -0.2) is 25.5 Å². The van der Waals surface area contributed by atoms with Gasteiger partial charge >= 0.3 is 0 Å². The highest BCUT2D eigenvalue weighted by atomic mass is 32.1. The number of nitrogens with zero attached hydrogens (tertiary/aromatic N) is 3. The molecule has 0 atom stereocenters. The van der Waals surface area contributed by atoms with E-state index in [2.05, 4.69) is 9.97 Å². The summed E-state index contributed by atoms with van der Waals surface area (Å²) in [5.41, 5.74) is 13.2. The first-order chi connectivity index (χ1) is 13.6. The third-order valence-corrected chi connectivity index (χ3v) is 5.77. The van der Waals surface area contributed by atoms with E-state index in [1.807, 2.05) is 0 Å². The van der Waals surface area contributed by atoms with E-state index < -0.39 is 18.0 Å². The molecule has 0 saturated heterocycles. The van der Waals surface area contributed by atoms with Crippen LogP contribution < -0.4 is 11.5 Å². The Kier molecular flexibility index (Phi) is 4.19. The first-order valence-electron chi connectivity index (χ1n) is 8.61. The molecule has 0 radical (unpaired) electrons. The fourth-order valence-corrected chi connectivity index (χ4v) is 4.48. The quantitative estimate of drug-likeness (QED) is 0.467. The number of carbonyl (C=O) groups excluding carboxylic acids is 1. The van der Waals surface area contributed by atoms with Gasteiger partial charge in [-0.15, -0.1) is 0 Å². The Labute approximate surface area is 167 Å². The van der Waals surface area contributed by atoms with Gasteiger partial charge in [-0.25, -0.2) is 18.7 Å². The van der Waals surface area contributed by atoms with E-state index in [0.717, 1.165) is 16.9 Å². The summed E-state index contributed by atoms with van der Waals surface area (Å²) < 4.78 is 29.3. The molecule has 0 saturated carbocycles. The highest BCUT2D eigenvalue weighted by molar-refractivity contribution is 7.18. The summed E-state index contributed by atoms with van der Waals surface area (Å²) in [6.45, 7) is 5.19. The van der Waals surface area contributed by atoms with Crippen molar-refractivity contribution in [3.8, 4) is 11.4 Å². The number of fused-ring (bicyclic) bond motifs is 3. The topological polar surface area (TPSA) is 120 Å². The Morgan fingerprint density at radius 2 is 1.93 bits per heavy atom. The van der Waals surface area contributed by atoms with Crippen LogP contribution in [0, 0.1) is 20.8 Å². The van der Waals surface area contributed by atoms with Crippen LogP contribution in [0.15, 0.2) is 12.1 Å². The number of amides is 1. The van der Waals surface area contributed by atoms with Crippen molar-refractivity contribution in [2.75, 3.05) is 5.73 Å². The number of phenolic OH excluding ortho intramolecular Hbond substituents is 1. The van der Waals surface area contributed by atoms with E-state index in [-0.39, 0.29) is 28.0 Å². The molecule has 1 aromatic carbocycles. The smallest absolute Gasteiger partial charge is 0.281 e. The number of thiazole rings is 1. The van der Waals surface area contributed by atoms with Crippen molar-refractivity contribution in [2.45, 2.75) is 27.2 Å². The minimum atomic E-state index is -2.95. The van der Waals surface area contributed by atoms with Gasteiger partial charge in [-0.3, -0.25) is 9.36 Å². The van der Waals surface area contributed by atoms with E-state index in [1.165, 1.54) is 10.6 Å². The average Bonchev–Trinajstić information content (AvgIpc) is 3.15. The molecule has 4 rings (SSSR count). The molecule has 29 heavy (non-hydrogen) atoms. The highest BCUT2D eigenvalue weighted by Crippen LogP contribution is 2.42. The standard InChI is InChI=1S/C19H17F2N5O2S/c1-6-4-5-9(27)7(2)14(6)26-15-10(11(17(26)22)18(23)28)12(16(20)21)25-19-13(15)24-8(3)29-19/h4-5,16,27H,22H2,1-3H3,(H2,23,28). The second kappa shape index (κ2) is 6.38. The Hall–Kier alpha value is -3.27. The number of halogens is 2. The molecule has 0 unspecified atom stereocenters. The molecule has 10 heteroatoms. The fourth-order valence-electron chi connectivity index (χ4n) is 3.68. The predicted octanol–water partition coefficient (Wildman–Crippen LogP) is 3.88. The van der Waals surface area contributed by atoms with Gasteiger partial charge in [0, 0.05) is 10.9 Å². The summed E-state index contributed by atoms with van der Waals surface area (Å²) in [6.07, 6.45) is -2.95. The van der Waals surface area contributed by atoms with Gasteiger partial charge in [0.2, 0.25) is 0 Å². The van der Waals surface area contributed by atoms with Gasteiger partial charge in [-0.05, 0) is 32.4 Å². The number of primary amides is 1. The predicted molar refractivity (Wildman–Crippen MR) is 108 cm³/mol. The van der Waals surface area contributed by atoms with Crippen LogP contribution in [0.4, 0.5) is 14.6 Å². The Bertz CT molecular complexity index is 1330. The molecule has 150 valence electrons. The summed E-state index contributed by atoms with van der Waals surface area (Å²) >= 11 is 1.16. The lowest BCUT2D eigenvalue weighted by Crippen LogP contribution is -2.14. The molecule has 0 bridgehead atoms. The molecular formula is C19H17F2N5O2S. The summed E-state index contributed by atoms with van der Waals surface area (Å²) in [7, 11) is 0. The van der Waals surface area contributed by atoms with Gasteiger partial charge in [0.25, 0.3) is 12.3 Å². The molecule has 3 heterocycles. The lowest BCUT2D eigenvalue weighted by atomic mass is 10.1. The van der Waals surface area contributed by atoms with Gasteiger partial charge in [-0.2, -0.15) is 0 Å². The third kappa shape index (κ3) is 2.63. The number of alkyl halides is 2. The first kappa shape index (κ1) is 19.1. The van der Waals surface area contributed by atoms with Crippen LogP contribution in [0.1, 0.15) is 38.6 Å². The lowest BCUT2D eigenvalue weighted by Gasteiger charge is -2.16. The van der Waals surface area contributed by atoms with Crippen LogP contribution in [0.5, 0.6) is 5.75 Å². The number of benzene rings is 1. The molecular weight excluding hydrogens is 400 g/mol. The maximum absolute atomic E-state index is 13.9. The van der Waals surface area contributed by atoms with Crippen molar-refractivity contribution in [1.82, 2.24) is 14.5 Å². The number of nitrogen functional groups attached to an aromatic ring is 1. The van der Waals surface area contributed by atoms with Gasteiger partial charge in [0.1, 0.15) is 27.6 Å². The van der Waals surface area contributed by atoms with Gasteiger partial charge in [0.05, 0.1) is 21.8 Å². The zero-order valence-electron chi connectivity index (χ0n) is 15.7. The molecule has 0 aliphatic heterocycles. The number of rotatable bonds is 3. The number of nitrogens with two attached hydrogens (primary N) is 2. The van der Waals surface area contributed by atoms with Crippen molar-refractivity contribution in [1.29, 1.82) is 0 Å². The normalized spacial score (nSPS) is 11.8. The number of hydrogen-bond donors (Lipinski definition) is 3. The molecule has 0 aliphatic carbocycles. The minimum absolute atomic E-state index is 0.00122. The number of aryl methyl sites for hydroxylation is 2. The van der Waals surface area contributed by atoms with E-state index in [1.54, 1.807) is 26.8 Å². The van der Waals surface area contributed by atoms with Gasteiger partial charge in [-0.1, -0.05) is 17.4 Å². The molecule has 4 aromatic rings. The van der Waals surface area contributed by atoms with Crippen LogP contribution in [0.3, 0.4) is 0 Å². The lowest BCUT2D eigenvalue weighted by molar-refractivity contribution is 0.100. The zero-order chi connectivity index (χ0) is 21.2. The van der Waals surface area contributed by atoms with E-state index in [9.17, 15) is 18.7 Å². The van der Waals surface area contributed by atoms with Crippen LogP contribution in [0.25, 0.3) is 26.9 Å². The van der Waals surface area contributed by atoms with E-state index in [0.29, 0.717) is 26.6 Å². The summed E-state index contributed by atoms with van der Waals surface area (Å²) in [5, 5.41) is 10.7. The van der Waals surface area contributed by atoms with Crippen molar-refractivity contribution in [3.05, 3.63) is 39.5 Å². The summed E-state index contributed by atoms with van der Waals surface area (Å²) in [5.74, 6) is -1.05. The largest absolute Gasteiger partial charge is 0.508 e. The molecule has 3 aromatic heterocycles. The summed E-state index contributed by atoms with van der Waals surface area (Å²) in [4.78, 5) is 21.0. The van der Waals surface area contributed by atoms with Crippen molar-refractivity contribution in [3.63, 3.8) is 0 Å². The van der Waals surface area contributed by atoms with E-state index >= 15 is 0 Å². The number of carbonyl (C=O) groups is 1. The van der Waals surface area contributed by atoms with E-state index in [4.69, 9.17) is 11.5 Å². The van der Waals surface area contributed by atoms with Gasteiger partial charge < -0.3 is 16.6 Å². The number of phenols is 1. The fraction of sp³-hybridized carbons (Fsp3) is 0.211. The van der Waals surface area contributed by atoms with Crippen LogP contribution >= 0.6 is 11.3 Å². The SMILES string of the molecule is Cc1nc2c(nc(C(F)F)c3c(C(N)=O)c(N)n(-c4c(C)ccc(O)c4C)c32)s1. The molecule has 0 aliphatic rings. The number of anilines is 1. The number of pyridine rings is 1. The Morgan fingerprint density at radius 3 is 2.55 bits per heavy atom. The maximum atomic E-state index is 13.9. The summed E-state index contributed by atoms with van der Waals surface area (Å²) in [6, 6.07) is 3.20. The zero-order valence-corrected chi connectivity index (χ0v) is 16.6. The minimum Gasteiger partial charge on any atom is -0.508 e. The number of aromatic hydroxyl groups is 1. The van der Waals surface area contributed by atoms with Crippen molar-refractivity contribution < 1.29 is 18.7 Å². The molecule has 5 N–H and O–H groups in total. The van der Waals surface area contributed by atoms with Crippen molar-refractivity contribution >= 4 is 44.3 Å². The molecule has 1 amide bonds. The molecule has 0 fully saturated rings. The third-order valence-electron chi connectivity index (χ3n) is 4.91. The Balaban J connectivity index is 2.36. The first-order valence-corrected chi connectivity index (χ1v) is 9.43. The number of aromatic nitrogens is 3. The van der Waals surface area contributed by atoms with Crippen LogP contribution in [-0.2, 0) is 0 Å². The average molecular weight is 417 g/mol. The van der Waals surface area contributed by atoms with Crippen molar-refractivity contribution in [2.24, 2.45) is 5.73 Å². The molecule has 7 nitrogen and oxygen atoms in total. The highest BCUT2D eigenvalue weighted by Gasteiger charge is 2.30.